The van der Waals surface area contributed by atoms with Crippen LogP contribution in [0.4, 0.5) is 0 Å². The van der Waals surface area contributed by atoms with Gasteiger partial charge in [-0.05, 0) is 32.1 Å². The van der Waals surface area contributed by atoms with Gasteiger partial charge in [-0.2, -0.15) is 0 Å². The number of hydrogen-bond donors (Lipinski definition) is 1. The minimum absolute atomic E-state index is 0.289. The Bertz CT molecular complexity index is 211. The van der Waals surface area contributed by atoms with Crippen molar-refractivity contribution in [3.05, 3.63) is 0 Å². The first-order valence-corrected chi connectivity index (χ1v) is 6.54. The molecular formula is C10H18O2S. The average Bonchev–Trinajstić information content (AvgIpc) is 2.08. The highest BCUT2D eigenvalue weighted by Crippen LogP contribution is 2.40. The van der Waals surface area contributed by atoms with Crippen molar-refractivity contribution in [2.24, 2.45) is 0 Å². The summed E-state index contributed by atoms with van der Waals surface area (Å²) in [5, 5.41) is 10.7. The maximum absolute atomic E-state index is 11.8. The predicted molar refractivity (Wildman–Crippen MR) is 54.0 cm³/mol. The minimum atomic E-state index is -0.644. The van der Waals surface area contributed by atoms with E-state index in [1.165, 1.54) is 6.42 Å². The van der Waals surface area contributed by atoms with Crippen LogP contribution in [-0.4, -0.2) is 25.4 Å². The van der Waals surface area contributed by atoms with Crippen LogP contribution in [-0.2, 0) is 10.8 Å². The number of fused-ring (bicyclic) bond motifs is 2. The second-order valence-corrected chi connectivity index (χ2v) is 6.48. The monoisotopic (exact) mass is 202 g/mol. The van der Waals surface area contributed by atoms with Crippen molar-refractivity contribution in [2.45, 2.75) is 61.5 Å². The van der Waals surface area contributed by atoms with Crippen molar-refractivity contribution < 1.29 is 9.32 Å². The molecule has 2 atom stereocenters. The zero-order valence-corrected chi connectivity index (χ0v) is 8.98. The van der Waals surface area contributed by atoms with Crippen LogP contribution in [0.15, 0.2) is 0 Å². The first-order chi connectivity index (χ1) is 6.14. The summed E-state index contributed by atoms with van der Waals surface area (Å²) in [5.41, 5.74) is -0.496. The van der Waals surface area contributed by atoms with Crippen LogP contribution >= 0.6 is 0 Å². The standard InChI is InChI=1S/C10H18O2S/c1-2-10(11)6-8-4-3-5-9(7-10)13(8)12/h8-9,11H,2-7H2,1H3. The highest BCUT2D eigenvalue weighted by Gasteiger charge is 2.44. The maximum atomic E-state index is 11.8. The van der Waals surface area contributed by atoms with Crippen LogP contribution in [0.3, 0.4) is 0 Å². The SMILES string of the molecule is CCC1(O)CC2CCCC(C1)S2=O. The van der Waals surface area contributed by atoms with Crippen LogP contribution in [0.1, 0.15) is 45.4 Å². The predicted octanol–water partition coefficient (Wildman–Crippen LogP) is 1.59. The highest BCUT2D eigenvalue weighted by atomic mass is 32.2. The molecule has 0 radical (unpaired) electrons. The summed E-state index contributed by atoms with van der Waals surface area (Å²) < 4.78 is 11.8. The third kappa shape index (κ3) is 1.68. The van der Waals surface area contributed by atoms with Crippen LogP contribution in [0.2, 0.25) is 0 Å². The summed E-state index contributed by atoms with van der Waals surface area (Å²) in [5.74, 6) is 0. The molecule has 3 heteroatoms. The fourth-order valence-corrected chi connectivity index (χ4v) is 4.96. The van der Waals surface area contributed by atoms with Crippen molar-refractivity contribution in [1.29, 1.82) is 0 Å². The van der Waals surface area contributed by atoms with E-state index >= 15 is 0 Å². The Morgan fingerprint density at radius 2 is 1.92 bits per heavy atom. The second kappa shape index (κ2) is 3.35. The summed E-state index contributed by atoms with van der Waals surface area (Å²) in [6.07, 6.45) is 5.69. The van der Waals surface area contributed by atoms with E-state index in [0.29, 0.717) is 0 Å². The molecular weight excluding hydrogens is 184 g/mol. The van der Waals surface area contributed by atoms with Crippen molar-refractivity contribution in [1.82, 2.24) is 0 Å². The number of aliphatic hydroxyl groups is 1. The van der Waals surface area contributed by atoms with Gasteiger partial charge in [-0.25, -0.2) is 0 Å². The molecule has 2 bridgehead atoms. The zero-order chi connectivity index (χ0) is 9.47. The van der Waals surface area contributed by atoms with E-state index in [2.05, 4.69) is 0 Å². The second-order valence-electron chi connectivity index (χ2n) is 4.49. The van der Waals surface area contributed by atoms with E-state index in [9.17, 15) is 9.32 Å². The fraction of sp³-hybridized carbons (Fsp3) is 1.00. The molecule has 0 aromatic carbocycles. The largest absolute Gasteiger partial charge is 0.390 e. The molecule has 0 amide bonds. The molecule has 2 aliphatic heterocycles. The molecule has 0 aliphatic carbocycles. The molecule has 0 saturated carbocycles. The van der Waals surface area contributed by atoms with Crippen molar-refractivity contribution >= 4 is 10.8 Å². The molecule has 2 unspecified atom stereocenters. The van der Waals surface area contributed by atoms with Crippen LogP contribution in [0, 0.1) is 0 Å². The van der Waals surface area contributed by atoms with Gasteiger partial charge < -0.3 is 5.11 Å². The highest BCUT2D eigenvalue weighted by molar-refractivity contribution is 7.86. The molecule has 2 fully saturated rings. The lowest BCUT2D eigenvalue weighted by atomic mass is 9.84. The molecule has 0 aromatic rings. The minimum Gasteiger partial charge on any atom is -0.390 e. The van der Waals surface area contributed by atoms with Gasteiger partial charge in [0.05, 0.1) is 5.60 Å². The van der Waals surface area contributed by atoms with E-state index in [0.717, 1.165) is 32.1 Å². The molecule has 76 valence electrons. The smallest absolute Gasteiger partial charge is 0.0668 e. The Morgan fingerprint density at radius 1 is 1.38 bits per heavy atom. The molecule has 0 aromatic heterocycles. The van der Waals surface area contributed by atoms with Crippen LogP contribution in [0.25, 0.3) is 0 Å². The van der Waals surface area contributed by atoms with Crippen LogP contribution in [0.5, 0.6) is 0 Å². The summed E-state index contributed by atoms with van der Waals surface area (Å²) in [7, 11) is -0.644. The van der Waals surface area contributed by atoms with E-state index in [1.807, 2.05) is 6.92 Å². The quantitative estimate of drug-likeness (QED) is 0.701. The van der Waals surface area contributed by atoms with Gasteiger partial charge in [0.2, 0.25) is 0 Å². The number of rotatable bonds is 1. The molecule has 1 N–H and O–H groups in total. The lowest BCUT2D eigenvalue weighted by Crippen LogP contribution is -2.48. The van der Waals surface area contributed by atoms with E-state index in [4.69, 9.17) is 0 Å². The topological polar surface area (TPSA) is 37.3 Å². The van der Waals surface area contributed by atoms with Gasteiger partial charge in [0.15, 0.2) is 0 Å². The first kappa shape index (κ1) is 9.66. The summed E-state index contributed by atoms with van der Waals surface area (Å²) in [4.78, 5) is 0. The molecule has 2 nitrogen and oxygen atoms in total. The maximum Gasteiger partial charge on any atom is 0.0668 e. The van der Waals surface area contributed by atoms with Gasteiger partial charge in [0, 0.05) is 21.3 Å². The third-order valence-corrected chi connectivity index (χ3v) is 5.70. The van der Waals surface area contributed by atoms with Gasteiger partial charge in [-0.3, -0.25) is 4.21 Å². The van der Waals surface area contributed by atoms with Gasteiger partial charge in [0.25, 0.3) is 0 Å². The van der Waals surface area contributed by atoms with Gasteiger partial charge in [-0.15, -0.1) is 0 Å². The van der Waals surface area contributed by atoms with Gasteiger partial charge in [-0.1, -0.05) is 13.3 Å². The third-order valence-electron chi connectivity index (χ3n) is 3.58. The van der Waals surface area contributed by atoms with Gasteiger partial charge >= 0.3 is 0 Å². The van der Waals surface area contributed by atoms with E-state index < -0.39 is 16.4 Å². The van der Waals surface area contributed by atoms with Crippen molar-refractivity contribution in [2.75, 3.05) is 0 Å². The molecule has 2 saturated heterocycles. The molecule has 2 heterocycles. The zero-order valence-electron chi connectivity index (χ0n) is 8.16. The van der Waals surface area contributed by atoms with Crippen molar-refractivity contribution in [3.63, 3.8) is 0 Å². The summed E-state index contributed by atoms with van der Waals surface area (Å²) in [6, 6.07) is 0. The average molecular weight is 202 g/mol. The van der Waals surface area contributed by atoms with Gasteiger partial charge in [0.1, 0.15) is 0 Å². The molecule has 13 heavy (non-hydrogen) atoms. The van der Waals surface area contributed by atoms with E-state index in [-0.39, 0.29) is 10.5 Å². The Labute approximate surface area is 82.2 Å². The molecule has 2 rings (SSSR count). The Hall–Kier alpha value is 0.110. The Kier molecular flexibility index (Phi) is 2.49. The lowest BCUT2D eigenvalue weighted by Gasteiger charge is -2.43. The normalized spacial score (nSPS) is 50.5. The molecule has 2 aliphatic rings. The summed E-state index contributed by atoms with van der Waals surface area (Å²) >= 11 is 0. The fourth-order valence-electron chi connectivity index (χ4n) is 2.67. The lowest BCUT2D eigenvalue weighted by molar-refractivity contribution is 0.00755. The Morgan fingerprint density at radius 3 is 2.38 bits per heavy atom. The molecule has 0 spiro atoms. The van der Waals surface area contributed by atoms with Crippen molar-refractivity contribution in [3.8, 4) is 0 Å². The van der Waals surface area contributed by atoms with Crippen LogP contribution < -0.4 is 0 Å². The first-order valence-electron chi connectivity index (χ1n) is 5.26. The van der Waals surface area contributed by atoms with E-state index in [1.54, 1.807) is 0 Å². The summed E-state index contributed by atoms with van der Waals surface area (Å²) in [6.45, 7) is 2.03. The number of hydrogen-bond acceptors (Lipinski definition) is 2. The Balaban J connectivity index is 2.16.